The predicted octanol–water partition coefficient (Wildman–Crippen LogP) is 1.80. The normalized spacial score (nSPS) is 16.6. The number of benzene rings is 1. The van der Waals surface area contributed by atoms with E-state index in [1.165, 1.54) is 5.56 Å². The largest absolute Gasteiger partial charge is 0.493 e. The van der Waals surface area contributed by atoms with Crippen molar-refractivity contribution in [2.24, 2.45) is 0 Å². The minimum atomic E-state index is 0.127. The molecule has 1 N–H and O–H groups in total. The molecule has 142 valence electrons. The molecule has 27 heavy (non-hydrogen) atoms. The summed E-state index contributed by atoms with van der Waals surface area (Å²) in [5.41, 5.74) is 3.23. The van der Waals surface area contributed by atoms with Crippen LogP contribution in [0.2, 0.25) is 0 Å². The minimum Gasteiger partial charge on any atom is -0.493 e. The Hall–Kier alpha value is -2.76. The molecule has 3 heterocycles. The molecule has 6 nitrogen and oxygen atoms in total. The first-order valence-electron chi connectivity index (χ1n) is 9.61. The van der Waals surface area contributed by atoms with Crippen LogP contribution in [0.25, 0.3) is 0 Å². The van der Waals surface area contributed by atoms with E-state index in [9.17, 15) is 9.59 Å². The van der Waals surface area contributed by atoms with Gasteiger partial charge in [0.05, 0.1) is 19.4 Å². The van der Waals surface area contributed by atoms with Crippen LogP contribution >= 0.6 is 0 Å². The molecular weight excluding hydrogens is 342 g/mol. The lowest BCUT2D eigenvalue weighted by Crippen LogP contribution is -2.38. The second kappa shape index (κ2) is 7.86. The first-order chi connectivity index (χ1) is 13.2. The van der Waals surface area contributed by atoms with Gasteiger partial charge >= 0.3 is 0 Å². The third-order valence-corrected chi connectivity index (χ3v) is 5.33. The van der Waals surface area contributed by atoms with Crippen molar-refractivity contribution < 1.29 is 14.3 Å². The standard InChI is InChI=1S/C21H25N3O3/c25-20(13-16-2-3-19-18(12-16)5-11-27-19)23-7-1-8-24(10-9-23)21(26)14-17-4-6-22-15-17/h2-4,6,12,15,22H,1,5,7-11,13-14H2. The number of nitrogens with one attached hydrogen (secondary N) is 1. The number of hydrogen-bond donors (Lipinski definition) is 1. The average molecular weight is 367 g/mol. The van der Waals surface area contributed by atoms with Gasteiger partial charge in [-0.25, -0.2) is 0 Å². The van der Waals surface area contributed by atoms with Crippen LogP contribution in [0, 0.1) is 0 Å². The van der Waals surface area contributed by atoms with Crippen molar-refractivity contribution in [1.82, 2.24) is 14.8 Å². The van der Waals surface area contributed by atoms with Gasteiger partial charge < -0.3 is 19.5 Å². The number of H-pyrrole nitrogens is 1. The maximum atomic E-state index is 12.7. The van der Waals surface area contributed by atoms with E-state index < -0.39 is 0 Å². The van der Waals surface area contributed by atoms with Gasteiger partial charge in [0.15, 0.2) is 0 Å². The van der Waals surface area contributed by atoms with Crippen LogP contribution < -0.4 is 4.74 Å². The maximum Gasteiger partial charge on any atom is 0.227 e. The van der Waals surface area contributed by atoms with E-state index in [0.29, 0.717) is 39.0 Å². The van der Waals surface area contributed by atoms with Gasteiger partial charge in [-0.15, -0.1) is 0 Å². The van der Waals surface area contributed by atoms with Gasteiger partial charge in [-0.2, -0.15) is 0 Å². The van der Waals surface area contributed by atoms with E-state index in [0.717, 1.165) is 36.3 Å². The molecule has 4 rings (SSSR count). The quantitative estimate of drug-likeness (QED) is 0.896. The van der Waals surface area contributed by atoms with Crippen molar-refractivity contribution in [2.75, 3.05) is 32.8 Å². The topological polar surface area (TPSA) is 65.6 Å². The fraction of sp³-hybridized carbons (Fsp3) is 0.429. The Balaban J connectivity index is 1.32. The number of hydrogen-bond acceptors (Lipinski definition) is 3. The Kier molecular flexibility index (Phi) is 5.14. The number of carbonyl (C=O) groups is 2. The van der Waals surface area contributed by atoms with Crippen LogP contribution in [0.15, 0.2) is 36.7 Å². The summed E-state index contributed by atoms with van der Waals surface area (Å²) in [5, 5.41) is 0. The van der Waals surface area contributed by atoms with Crippen molar-refractivity contribution in [1.29, 1.82) is 0 Å². The molecule has 0 bridgehead atoms. The highest BCUT2D eigenvalue weighted by molar-refractivity contribution is 5.80. The second-order valence-corrected chi connectivity index (χ2v) is 7.23. The fourth-order valence-electron chi connectivity index (χ4n) is 3.81. The lowest BCUT2D eigenvalue weighted by Gasteiger charge is -2.22. The van der Waals surface area contributed by atoms with Crippen molar-refractivity contribution >= 4 is 11.8 Å². The first kappa shape index (κ1) is 17.6. The van der Waals surface area contributed by atoms with Crippen LogP contribution in [0.5, 0.6) is 5.75 Å². The average Bonchev–Trinajstić information content (AvgIpc) is 3.27. The molecule has 0 atom stereocenters. The van der Waals surface area contributed by atoms with Crippen LogP contribution in [-0.4, -0.2) is 59.4 Å². The highest BCUT2D eigenvalue weighted by Gasteiger charge is 2.23. The van der Waals surface area contributed by atoms with Gasteiger partial charge in [-0.1, -0.05) is 12.1 Å². The zero-order valence-corrected chi connectivity index (χ0v) is 15.4. The van der Waals surface area contributed by atoms with Crippen molar-refractivity contribution in [3.05, 3.63) is 53.3 Å². The number of ether oxygens (including phenoxy) is 1. The highest BCUT2D eigenvalue weighted by Crippen LogP contribution is 2.26. The third-order valence-electron chi connectivity index (χ3n) is 5.33. The van der Waals surface area contributed by atoms with Gasteiger partial charge in [0, 0.05) is 45.0 Å². The van der Waals surface area contributed by atoms with E-state index in [4.69, 9.17) is 4.74 Å². The Bertz CT molecular complexity index is 816. The maximum absolute atomic E-state index is 12.7. The van der Waals surface area contributed by atoms with E-state index in [1.54, 1.807) is 0 Å². The van der Waals surface area contributed by atoms with E-state index in [1.807, 2.05) is 40.4 Å². The number of aromatic amines is 1. The van der Waals surface area contributed by atoms with Crippen molar-refractivity contribution in [3.63, 3.8) is 0 Å². The van der Waals surface area contributed by atoms with Crippen LogP contribution in [0.3, 0.4) is 0 Å². The molecule has 1 saturated heterocycles. The lowest BCUT2D eigenvalue weighted by molar-refractivity contribution is -0.132. The summed E-state index contributed by atoms with van der Waals surface area (Å²) in [4.78, 5) is 32.0. The lowest BCUT2D eigenvalue weighted by atomic mass is 10.1. The molecule has 0 radical (unpaired) electrons. The Morgan fingerprint density at radius 3 is 2.41 bits per heavy atom. The van der Waals surface area contributed by atoms with Crippen molar-refractivity contribution in [2.45, 2.75) is 25.7 Å². The number of nitrogens with zero attached hydrogens (tertiary/aromatic N) is 2. The van der Waals surface area contributed by atoms with Gasteiger partial charge in [-0.05, 0) is 35.2 Å². The summed E-state index contributed by atoms with van der Waals surface area (Å²) in [6, 6.07) is 7.96. The Morgan fingerprint density at radius 1 is 0.963 bits per heavy atom. The summed E-state index contributed by atoms with van der Waals surface area (Å²) in [6.07, 6.45) is 6.24. The second-order valence-electron chi connectivity index (χ2n) is 7.23. The Morgan fingerprint density at radius 2 is 1.70 bits per heavy atom. The summed E-state index contributed by atoms with van der Waals surface area (Å²) in [6.45, 7) is 3.36. The Labute approximate surface area is 159 Å². The zero-order chi connectivity index (χ0) is 18.6. The SMILES string of the molecule is O=C(Cc1cc[nH]c1)N1CCCN(C(=O)Cc2ccc3c(c2)CCO3)CC1. The molecule has 6 heteroatoms. The molecule has 1 fully saturated rings. The van der Waals surface area contributed by atoms with E-state index in [2.05, 4.69) is 11.1 Å². The summed E-state index contributed by atoms with van der Waals surface area (Å²) >= 11 is 0. The molecule has 0 spiro atoms. The van der Waals surface area contributed by atoms with Gasteiger partial charge in [0.2, 0.25) is 11.8 Å². The van der Waals surface area contributed by atoms with E-state index >= 15 is 0 Å². The summed E-state index contributed by atoms with van der Waals surface area (Å²) in [7, 11) is 0. The van der Waals surface area contributed by atoms with E-state index in [-0.39, 0.29) is 11.8 Å². The molecule has 1 aromatic heterocycles. The molecule has 2 aromatic rings. The molecule has 2 amide bonds. The van der Waals surface area contributed by atoms with Gasteiger partial charge in [0.25, 0.3) is 0 Å². The number of rotatable bonds is 4. The molecule has 0 saturated carbocycles. The molecular formula is C21H25N3O3. The van der Waals surface area contributed by atoms with Crippen molar-refractivity contribution in [3.8, 4) is 5.75 Å². The smallest absolute Gasteiger partial charge is 0.227 e. The summed E-state index contributed by atoms with van der Waals surface area (Å²) < 4.78 is 5.53. The third kappa shape index (κ3) is 4.15. The minimum absolute atomic E-state index is 0.127. The predicted molar refractivity (Wildman–Crippen MR) is 102 cm³/mol. The zero-order valence-electron chi connectivity index (χ0n) is 15.4. The molecule has 0 aliphatic carbocycles. The number of aromatic nitrogens is 1. The first-order valence-corrected chi connectivity index (χ1v) is 9.61. The van der Waals surface area contributed by atoms with Gasteiger partial charge in [-0.3, -0.25) is 9.59 Å². The molecule has 2 aliphatic rings. The monoisotopic (exact) mass is 367 g/mol. The number of amides is 2. The highest BCUT2D eigenvalue weighted by atomic mass is 16.5. The molecule has 2 aliphatic heterocycles. The molecule has 1 aromatic carbocycles. The number of carbonyl (C=O) groups excluding carboxylic acids is 2. The summed E-state index contributed by atoms with van der Waals surface area (Å²) in [5.74, 6) is 1.20. The van der Waals surface area contributed by atoms with Gasteiger partial charge in [0.1, 0.15) is 5.75 Å². The van der Waals surface area contributed by atoms with Crippen LogP contribution in [0.1, 0.15) is 23.1 Å². The van der Waals surface area contributed by atoms with Crippen LogP contribution in [0.4, 0.5) is 0 Å². The number of fused-ring (bicyclic) bond motifs is 1. The molecule has 0 unspecified atom stereocenters. The fourth-order valence-corrected chi connectivity index (χ4v) is 3.81. The van der Waals surface area contributed by atoms with Crippen LogP contribution in [-0.2, 0) is 28.9 Å².